The van der Waals surface area contributed by atoms with E-state index in [2.05, 4.69) is 24.1 Å². The van der Waals surface area contributed by atoms with Gasteiger partial charge >= 0.3 is 6.18 Å². The first-order valence-corrected chi connectivity index (χ1v) is 13.9. The highest BCUT2D eigenvalue weighted by Crippen LogP contribution is 2.35. The third-order valence-electron chi connectivity index (χ3n) is 7.22. The summed E-state index contributed by atoms with van der Waals surface area (Å²) in [5, 5.41) is 2.57. The highest BCUT2D eigenvalue weighted by Gasteiger charge is 2.43. The number of rotatable bonds is 7. The molecule has 3 rings (SSSR count). The average molecular weight is 518 g/mol. The number of hydrogen-bond donors (Lipinski definition) is 1. The molecule has 1 aromatic carbocycles. The zero-order chi connectivity index (χ0) is 26.1. The molecule has 196 valence electrons. The molecule has 3 unspecified atom stereocenters. The summed E-state index contributed by atoms with van der Waals surface area (Å²) in [6.45, 7) is 4.53. The van der Waals surface area contributed by atoms with Crippen molar-refractivity contribution in [2.24, 2.45) is 5.92 Å². The largest absolute Gasteiger partial charge is 0.416 e. The summed E-state index contributed by atoms with van der Waals surface area (Å²) in [5.74, 6) is -1.31. The van der Waals surface area contributed by atoms with Crippen LogP contribution in [0.4, 0.5) is 13.2 Å². The van der Waals surface area contributed by atoms with Crippen LogP contribution in [0.3, 0.4) is 0 Å². The summed E-state index contributed by atoms with van der Waals surface area (Å²) in [6, 6.07) is 3.48. The van der Waals surface area contributed by atoms with Gasteiger partial charge in [-0.2, -0.15) is 13.2 Å². The van der Waals surface area contributed by atoms with E-state index in [0.717, 1.165) is 24.6 Å². The summed E-state index contributed by atoms with van der Waals surface area (Å²) >= 11 is 0. The van der Waals surface area contributed by atoms with E-state index < -0.39 is 33.5 Å². The Morgan fingerprint density at radius 1 is 1.23 bits per heavy atom. The van der Waals surface area contributed by atoms with Gasteiger partial charge in [-0.15, -0.1) is 0 Å². The normalized spacial score (nSPS) is 26.0. The first kappa shape index (κ1) is 27.4. The molecule has 2 amide bonds. The molecule has 11 heteroatoms. The van der Waals surface area contributed by atoms with E-state index >= 15 is 0 Å². The molecule has 0 radical (unpaired) electrons. The number of nitrogens with zero attached hydrogens (tertiary/aromatic N) is 2. The van der Waals surface area contributed by atoms with Crippen molar-refractivity contribution in [3.05, 3.63) is 35.4 Å². The third-order valence-corrected chi connectivity index (χ3v) is 8.25. The lowest BCUT2D eigenvalue weighted by Crippen LogP contribution is -2.53. The molecule has 7 nitrogen and oxygen atoms in total. The molecule has 1 aliphatic carbocycles. The number of hydrogen-bond acceptors (Lipinski definition) is 5. The van der Waals surface area contributed by atoms with E-state index in [-0.39, 0.29) is 35.2 Å². The first-order valence-electron chi connectivity index (χ1n) is 11.9. The van der Waals surface area contributed by atoms with Crippen molar-refractivity contribution in [1.82, 2.24) is 15.1 Å². The van der Waals surface area contributed by atoms with Gasteiger partial charge in [0.05, 0.1) is 11.3 Å². The number of sulfone groups is 1. The van der Waals surface area contributed by atoms with Crippen molar-refractivity contribution < 1.29 is 31.2 Å². The number of amides is 2. The van der Waals surface area contributed by atoms with Gasteiger partial charge in [-0.25, -0.2) is 8.42 Å². The third kappa shape index (κ3) is 6.75. The minimum absolute atomic E-state index is 0.0227. The standard InChI is InChI=1S/C24H34F3N3O4S/c1-15(2)29(3)19-8-9-21(17(13-19)14-35(4,33)34)30-11-10-20(23(30)32)28-22(31)16-6-5-7-18(12-16)24(25,26)27/h5-7,12,15,17,19-21H,8-11,13-14H2,1-4H3,(H,28,31)/t17-,19?,20?,21?/m0/s1. The molecule has 35 heavy (non-hydrogen) atoms. The van der Waals surface area contributed by atoms with Crippen molar-refractivity contribution in [2.75, 3.05) is 25.6 Å². The zero-order valence-electron chi connectivity index (χ0n) is 20.5. The van der Waals surface area contributed by atoms with Gasteiger partial charge < -0.3 is 15.1 Å². The Morgan fingerprint density at radius 3 is 2.51 bits per heavy atom. The summed E-state index contributed by atoms with van der Waals surface area (Å²) in [7, 11) is -1.25. The van der Waals surface area contributed by atoms with E-state index in [1.165, 1.54) is 12.3 Å². The Hall–Kier alpha value is -2.14. The fraction of sp³-hybridized carbons (Fsp3) is 0.667. The summed E-state index contributed by atoms with van der Waals surface area (Å²) in [5.41, 5.74) is -1.10. The van der Waals surface area contributed by atoms with Crippen LogP contribution < -0.4 is 5.32 Å². The Labute approximate surface area is 205 Å². The van der Waals surface area contributed by atoms with Crippen LogP contribution >= 0.6 is 0 Å². The number of carbonyl (C=O) groups is 2. The summed E-state index contributed by atoms with van der Waals surface area (Å²) in [4.78, 5) is 29.7. The lowest BCUT2D eigenvalue weighted by Gasteiger charge is -2.44. The quantitative estimate of drug-likeness (QED) is 0.601. The molecule has 0 bridgehead atoms. The second-order valence-electron chi connectivity index (χ2n) is 10.1. The van der Waals surface area contributed by atoms with E-state index in [4.69, 9.17) is 0 Å². The van der Waals surface area contributed by atoms with Crippen molar-refractivity contribution >= 4 is 21.7 Å². The van der Waals surface area contributed by atoms with Gasteiger partial charge in [-0.1, -0.05) is 6.07 Å². The second-order valence-corrected chi connectivity index (χ2v) is 12.3. The molecule has 1 N–H and O–H groups in total. The van der Waals surface area contributed by atoms with E-state index in [0.29, 0.717) is 31.8 Å². The number of alkyl halides is 3. The second kappa shape index (κ2) is 10.5. The van der Waals surface area contributed by atoms with Crippen LogP contribution in [0.2, 0.25) is 0 Å². The van der Waals surface area contributed by atoms with Gasteiger partial charge in [0.2, 0.25) is 5.91 Å². The summed E-state index contributed by atoms with van der Waals surface area (Å²) in [6.07, 6.45) is -0.928. The van der Waals surface area contributed by atoms with Gasteiger partial charge in [0.15, 0.2) is 0 Å². The monoisotopic (exact) mass is 517 g/mol. The predicted molar refractivity (Wildman–Crippen MR) is 127 cm³/mol. The lowest BCUT2D eigenvalue weighted by molar-refractivity contribution is -0.137. The minimum atomic E-state index is -4.58. The molecule has 4 atom stereocenters. The first-order chi connectivity index (χ1) is 16.2. The Kier molecular flexibility index (Phi) is 8.20. The molecule has 1 aromatic rings. The van der Waals surface area contributed by atoms with Gasteiger partial charge in [0, 0.05) is 36.5 Å². The van der Waals surface area contributed by atoms with Crippen molar-refractivity contribution in [3.63, 3.8) is 0 Å². The van der Waals surface area contributed by atoms with E-state index in [1.807, 2.05) is 7.05 Å². The van der Waals surface area contributed by atoms with E-state index in [9.17, 15) is 31.2 Å². The van der Waals surface area contributed by atoms with Crippen LogP contribution in [0, 0.1) is 5.92 Å². The smallest absolute Gasteiger partial charge is 0.340 e. The molecule has 1 aliphatic heterocycles. The summed E-state index contributed by atoms with van der Waals surface area (Å²) < 4.78 is 63.3. The number of benzene rings is 1. The number of likely N-dealkylation sites (tertiary alicyclic amines) is 1. The van der Waals surface area contributed by atoms with Crippen LogP contribution in [0.15, 0.2) is 24.3 Å². The van der Waals surface area contributed by atoms with Crippen molar-refractivity contribution in [3.8, 4) is 0 Å². The Bertz CT molecular complexity index is 1040. The molecule has 0 spiro atoms. The highest BCUT2D eigenvalue weighted by molar-refractivity contribution is 7.90. The molecule has 2 fully saturated rings. The number of halogens is 3. The molecule has 1 saturated carbocycles. The average Bonchev–Trinajstić information content (AvgIpc) is 3.11. The molecule has 1 heterocycles. The van der Waals surface area contributed by atoms with Crippen LogP contribution in [-0.4, -0.2) is 79.8 Å². The maximum Gasteiger partial charge on any atom is 0.416 e. The van der Waals surface area contributed by atoms with Crippen LogP contribution in [0.25, 0.3) is 0 Å². The van der Waals surface area contributed by atoms with Crippen molar-refractivity contribution in [1.29, 1.82) is 0 Å². The minimum Gasteiger partial charge on any atom is -0.340 e. The topological polar surface area (TPSA) is 86.8 Å². The number of nitrogens with one attached hydrogen (secondary N) is 1. The van der Waals surface area contributed by atoms with Gasteiger partial charge in [0.25, 0.3) is 5.91 Å². The fourth-order valence-corrected chi connectivity index (χ4v) is 6.37. The maximum absolute atomic E-state index is 13.2. The van der Waals surface area contributed by atoms with Crippen LogP contribution in [0.5, 0.6) is 0 Å². The van der Waals surface area contributed by atoms with Gasteiger partial charge in [-0.05, 0) is 70.7 Å². The Balaban J connectivity index is 1.72. The van der Waals surface area contributed by atoms with Gasteiger partial charge in [-0.3, -0.25) is 9.59 Å². The zero-order valence-corrected chi connectivity index (χ0v) is 21.3. The molecular weight excluding hydrogens is 483 g/mol. The molecule has 0 aromatic heterocycles. The molecule has 1 saturated heterocycles. The Morgan fingerprint density at radius 2 is 1.91 bits per heavy atom. The molecule has 2 aliphatic rings. The lowest BCUT2D eigenvalue weighted by atomic mass is 9.81. The van der Waals surface area contributed by atoms with E-state index in [1.54, 1.807) is 4.90 Å². The van der Waals surface area contributed by atoms with Crippen LogP contribution in [-0.2, 0) is 20.8 Å². The highest BCUT2D eigenvalue weighted by atomic mass is 32.2. The SMILES string of the molecule is CC(C)N(C)C1CCC(N2CCC(NC(=O)c3cccc(C(F)(F)F)c3)C2=O)[C@H](CS(C)(=O)=O)C1. The fourth-order valence-electron chi connectivity index (χ4n) is 5.24. The maximum atomic E-state index is 13.2. The predicted octanol–water partition coefficient (Wildman–Crippen LogP) is 2.96. The molecular formula is C24H34F3N3O4S. The number of carbonyl (C=O) groups excluding carboxylic acids is 2. The van der Waals surface area contributed by atoms with Gasteiger partial charge in [0.1, 0.15) is 15.9 Å². The van der Waals surface area contributed by atoms with Crippen LogP contribution in [0.1, 0.15) is 55.5 Å². The van der Waals surface area contributed by atoms with Crippen molar-refractivity contribution in [2.45, 2.75) is 69.9 Å².